The molecule has 354 valence electrons. The maximum atomic E-state index is 12.6. The number of hydrogen-bond donors (Lipinski definition) is 1. The van der Waals surface area contributed by atoms with Crippen molar-refractivity contribution in [2.24, 2.45) is 0 Å². The Hall–Kier alpha value is -1.47. The molecule has 9 heteroatoms. The molecule has 1 N–H and O–H groups in total. The van der Waals surface area contributed by atoms with Crippen molar-refractivity contribution < 1.29 is 37.6 Å². The summed E-state index contributed by atoms with van der Waals surface area (Å²) in [6.07, 6.45) is 55.2. The fourth-order valence-corrected chi connectivity index (χ4v) is 7.98. The van der Waals surface area contributed by atoms with Gasteiger partial charge in [0.25, 0.3) is 0 Å². The number of hydrogen-bond acceptors (Lipinski definition) is 7. The van der Waals surface area contributed by atoms with Crippen LogP contribution in [0.15, 0.2) is 24.3 Å². The molecule has 0 heterocycles. The van der Waals surface area contributed by atoms with Crippen LogP contribution in [-0.4, -0.2) is 43.3 Å². The highest BCUT2D eigenvalue weighted by Crippen LogP contribution is 2.42. The van der Waals surface area contributed by atoms with Crippen LogP contribution in [0, 0.1) is 0 Å². The third kappa shape index (κ3) is 46.0. The van der Waals surface area contributed by atoms with E-state index in [-0.39, 0.29) is 19.0 Å². The molecule has 0 aromatic heterocycles. The molecule has 0 aromatic rings. The van der Waals surface area contributed by atoms with E-state index in [9.17, 15) is 19.0 Å². The number of phosphoric acid groups is 1. The Kier molecular flexibility index (Phi) is 45.9. The van der Waals surface area contributed by atoms with Gasteiger partial charge in [0, 0.05) is 20.0 Å². The zero-order chi connectivity index (χ0) is 43.9. The number of unbranched alkanes of at least 4 members (excludes halogenated alkanes) is 33. The van der Waals surface area contributed by atoms with E-state index in [4.69, 9.17) is 14.0 Å². The van der Waals surface area contributed by atoms with Gasteiger partial charge < -0.3 is 14.4 Å². The molecule has 0 spiro atoms. The molecule has 0 bridgehead atoms. The SMILES string of the molecule is CCCCCCC/C=C\C/C=C\CCCCCCCCCCCC(=O)OC(COC(=O)CCCCCCCCCCCCCCCCCCCCCC)COP(=O)(O)OC. The Balaban J connectivity index is 3.88. The predicted octanol–water partition coefficient (Wildman–Crippen LogP) is 16.6. The average Bonchev–Trinajstić information content (AvgIpc) is 3.24. The second kappa shape index (κ2) is 47.0. The smallest absolute Gasteiger partial charge is 0.462 e. The zero-order valence-electron chi connectivity index (χ0n) is 39.6. The van der Waals surface area contributed by atoms with Gasteiger partial charge >= 0.3 is 19.8 Å². The van der Waals surface area contributed by atoms with Crippen LogP contribution in [0.25, 0.3) is 0 Å². The van der Waals surface area contributed by atoms with Crippen molar-refractivity contribution in [2.45, 2.75) is 270 Å². The number of esters is 2. The van der Waals surface area contributed by atoms with E-state index >= 15 is 0 Å². The van der Waals surface area contributed by atoms with Crippen LogP contribution in [0.2, 0.25) is 0 Å². The first-order chi connectivity index (χ1) is 29.3. The lowest BCUT2D eigenvalue weighted by atomic mass is 10.0. The maximum Gasteiger partial charge on any atom is 0.472 e. The first-order valence-corrected chi connectivity index (χ1v) is 27.0. The number of carbonyl (C=O) groups excluding carboxylic acids is 2. The van der Waals surface area contributed by atoms with Gasteiger partial charge in [0.05, 0.1) is 6.61 Å². The fourth-order valence-electron chi connectivity index (χ4n) is 7.52. The number of allylic oxidation sites excluding steroid dienone is 4. The Bertz CT molecular complexity index is 1030. The summed E-state index contributed by atoms with van der Waals surface area (Å²) in [7, 11) is -3.20. The molecule has 0 saturated heterocycles. The number of rotatable bonds is 48. The summed E-state index contributed by atoms with van der Waals surface area (Å²) in [5.41, 5.74) is 0. The number of phosphoric ester groups is 1. The predicted molar refractivity (Wildman–Crippen MR) is 253 cm³/mol. The second-order valence-electron chi connectivity index (χ2n) is 17.3. The molecule has 2 atom stereocenters. The normalized spacial score (nSPS) is 13.3. The van der Waals surface area contributed by atoms with Crippen LogP contribution in [-0.2, 0) is 32.7 Å². The minimum Gasteiger partial charge on any atom is -0.462 e. The zero-order valence-corrected chi connectivity index (χ0v) is 40.5. The minimum absolute atomic E-state index is 0.222. The van der Waals surface area contributed by atoms with Crippen LogP contribution in [0.5, 0.6) is 0 Å². The fraction of sp³-hybridized carbons (Fsp3) is 0.882. The van der Waals surface area contributed by atoms with E-state index in [2.05, 4.69) is 42.7 Å². The Morgan fingerprint density at radius 3 is 1.17 bits per heavy atom. The summed E-state index contributed by atoms with van der Waals surface area (Å²) >= 11 is 0. The quantitative estimate of drug-likeness (QED) is 0.0279. The minimum atomic E-state index is -4.27. The molecule has 0 aromatic carbocycles. The van der Waals surface area contributed by atoms with Crippen LogP contribution in [0.4, 0.5) is 0 Å². The van der Waals surface area contributed by atoms with Gasteiger partial charge in [0.1, 0.15) is 6.61 Å². The average molecular weight is 869 g/mol. The molecule has 0 aliphatic rings. The molecular formula is C51H97O8P. The number of carbonyl (C=O) groups is 2. The third-order valence-electron chi connectivity index (χ3n) is 11.4. The van der Waals surface area contributed by atoms with Crippen molar-refractivity contribution in [1.29, 1.82) is 0 Å². The van der Waals surface area contributed by atoms with Gasteiger partial charge in [0.2, 0.25) is 0 Å². The van der Waals surface area contributed by atoms with Crippen LogP contribution in [0.1, 0.15) is 264 Å². The first-order valence-electron chi connectivity index (χ1n) is 25.5. The standard InChI is InChI=1S/C51H97O8P/c1-4-6-8-10-12-14-16-18-20-22-24-26-28-30-32-34-36-38-40-42-44-46-51(53)59-49(48-58-60(54,55)56-3)47-57-50(52)45-43-41-39-37-35-33-31-29-27-25-23-21-19-17-15-13-11-9-7-5-2/h16,18,22,24,49H,4-15,17,19-21,23,25-48H2,1-3H3,(H,54,55)/b18-16-,24-22-. The lowest BCUT2D eigenvalue weighted by Crippen LogP contribution is -2.29. The van der Waals surface area contributed by atoms with Crippen molar-refractivity contribution in [3.63, 3.8) is 0 Å². The molecular weight excluding hydrogens is 772 g/mol. The first kappa shape index (κ1) is 58.5. The van der Waals surface area contributed by atoms with Gasteiger partial charge in [-0.25, -0.2) is 4.57 Å². The molecule has 0 fully saturated rings. The van der Waals surface area contributed by atoms with E-state index in [1.54, 1.807) is 0 Å². The molecule has 0 saturated carbocycles. The van der Waals surface area contributed by atoms with Crippen LogP contribution >= 0.6 is 7.82 Å². The Morgan fingerprint density at radius 1 is 0.467 bits per heavy atom. The van der Waals surface area contributed by atoms with Gasteiger partial charge in [-0.3, -0.25) is 18.6 Å². The lowest BCUT2D eigenvalue weighted by molar-refractivity contribution is -0.161. The molecule has 60 heavy (non-hydrogen) atoms. The Labute approximate surface area is 371 Å². The van der Waals surface area contributed by atoms with Gasteiger partial charge in [-0.1, -0.05) is 231 Å². The molecule has 8 nitrogen and oxygen atoms in total. The second-order valence-corrected chi connectivity index (χ2v) is 18.9. The van der Waals surface area contributed by atoms with Crippen molar-refractivity contribution in [2.75, 3.05) is 20.3 Å². The van der Waals surface area contributed by atoms with Gasteiger partial charge in [-0.15, -0.1) is 0 Å². The molecule has 0 rings (SSSR count). The molecule has 0 amide bonds. The summed E-state index contributed by atoms with van der Waals surface area (Å²) in [4.78, 5) is 34.7. The van der Waals surface area contributed by atoms with Crippen molar-refractivity contribution in [1.82, 2.24) is 0 Å². The van der Waals surface area contributed by atoms with Gasteiger partial charge in [-0.05, 0) is 44.9 Å². The monoisotopic (exact) mass is 869 g/mol. The summed E-state index contributed by atoms with van der Waals surface area (Å²) in [5, 5.41) is 0. The topological polar surface area (TPSA) is 108 Å². The van der Waals surface area contributed by atoms with Crippen molar-refractivity contribution in [3.05, 3.63) is 24.3 Å². The summed E-state index contributed by atoms with van der Waals surface area (Å²) in [5.74, 6) is -0.793. The maximum absolute atomic E-state index is 12.6. The molecule has 0 radical (unpaired) electrons. The van der Waals surface area contributed by atoms with Gasteiger partial charge in [-0.2, -0.15) is 0 Å². The molecule has 0 aliphatic heterocycles. The Morgan fingerprint density at radius 2 is 0.800 bits per heavy atom. The van der Waals surface area contributed by atoms with E-state index < -0.39 is 26.5 Å². The number of ether oxygens (including phenoxy) is 2. The molecule has 2 unspecified atom stereocenters. The highest BCUT2D eigenvalue weighted by Gasteiger charge is 2.24. The van der Waals surface area contributed by atoms with Crippen molar-refractivity contribution >= 4 is 19.8 Å². The van der Waals surface area contributed by atoms with E-state index in [1.807, 2.05) is 0 Å². The van der Waals surface area contributed by atoms with Crippen molar-refractivity contribution in [3.8, 4) is 0 Å². The van der Waals surface area contributed by atoms with E-state index in [0.717, 1.165) is 52.1 Å². The van der Waals surface area contributed by atoms with Crippen LogP contribution < -0.4 is 0 Å². The van der Waals surface area contributed by atoms with Crippen LogP contribution in [0.3, 0.4) is 0 Å². The third-order valence-corrected chi connectivity index (χ3v) is 12.4. The summed E-state index contributed by atoms with van der Waals surface area (Å²) in [6.45, 7) is 3.92. The van der Waals surface area contributed by atoms with Gasteiger partial charge in [0.15, 0.2) is 6.10 Å². The molecule has 0 aliphatic carbocycles. The summed E-state index contributed by atoms with van der Waals surface area (Å²) < 4.78 is 32.1. The largest absolute Gasteiger partial charge is 0.472 e. The van der Waals surface area contributed by atoms with E-state index in [1.165, 1.54) is 186 Å². The summed E-state index contributed by atoms with van der Waals surface area (Å²) in [6, 6.07) is 0. The van der Waals surface area contributed by atoms with E-state index in [0.29, 0.717) is 12.8 Å². The highest BCUT2D eigenvalue weighted by molar-refractivity contribution is 7.47. The highest BCUT2D eigenvalue weighted by atomic mass is 31.2. The lowest BCUT2D eigenvalue weighted by Gasteiger charge is -2.19.